The SMILES string of the molecule is S=C(NCCCN1CCOCC1)Nc1ccccc1Sc1ccccc1. The summed E-state index contributed by atoms with van der Waals surface area (Å²) in [4.78, 5) is 4.82. The van der Waals surface area contributed by atoms with Crippen LogP contribution in [0.5, 0.6) is 0 Å². The van der Waals surface area contributed by atoms with Crippen molar-refractivity contribution in [3.63, 3.8) is 0 Å². The average molecular weight is 388 g/mol. The van der Waals surface area contributed by atoms with E-state index in [0.717, 1.165) is 56.4 Å². The molecule has 2 aromatic carbocycles. The maximum atomic E-state index is 5.46. The van der Waals surface area contributed by atoms with Crippen molar-refractivity contribution in [1.82, 2.24) is 10.2 Å². The van der Waals surface area contributed by atoms with Gasteiger partial charge in [0.1, 0.15) is 0 Å². The third-order valence-electron chi connectivity index (χ3n) is 4.15. The number of rotatable bonds is 7. The molecule has 0 aromatic heterocycles. The molecule has 0 amide bonds. The van der Waals surface area contributed by atoms with E-state index in [-0.39, 0.29) is 0 Å². The standard InChI is InChI=1S/C20H25N3OS2/c25-20(21-11-6-12-23-13-15-24-16-14-23)22-18-9-4-5-10-19(18)26-17-7-2-1-3-8-17/h1-5,7-10H,6,11-16H2,(H2,21,22,25). The van der Waals surface area contributed by atoms with Crippen molar-refractivity contribution in [3.8, 4) is 0 Å². The molecule has 1 aliphatic heterocycles. The summed E-state index contributed by atoms with van der Waals surface area (Å²) >= 11 is 7.20. The lowest BCUT2D eigenvalue weighted by Crippen LogP contribution is -2.38. The molecule has 0 radical (unpaired) electrons. The van der Waals surface area contributed by atoms with Crippen LogP contribution in [-0.2, 0) is 4.74 Å². The Morgan fingerprint density at radius 2 is 1.77 bits per heavy atom. The number of morpholine rings is 1. The largest absolute Gasteiger partial charge is 0.379 e. The van der Waals surface area contributed by atoms with Gasteiger partial charge in [-0.1, -0.05) is 42.1 Å². The zero-order chi connectivity index (χ0) is 18.0. The van der Waals surface area contributed by atoms with E-state index < -0.39 is 0 Å². The molecule has 1 fully saturated rings. The smallest absolute Gasteiger partial charge is 0.170 e. The lowest BCUT2D eigenvalue weighted by atomic mass is 10.3. The van der Waals surface area contributed by atoms with Gasteiger partial charge in [0.2, 0.25) is 0 Å². The fourth-order valence-corrected chi connectivity index (χ4v) is 3.91. The molecule has 2 N–H and O–H groups in total. The lowest BCUT2D eigenvalue weighted by Gasteiger charge is -2.26. The van der Waals surface area contributed by atoms with E-state index in [0.29, 0.717) is 5.11 Å². The average Bonchev–Trinajstić information content (AvgIpc) is 2.68. The minimum Gasteiger partial charge on any atom is -0.379 e. The summed E-state index contributed by atoms with van der Waals surface area (Å²) < 4.78 is 5.37. The predicted octanol–water partition coefficient (Wildman–Crippen LogP) is 3.85. The Kier molecular flexibility index (Phi) is 7.76. The first-order chi connectivity index (χ1) is 12.8. The topological polar surface area (TPSA) is 36.5 Å². The van der Waals surface area contributed by atoms with Crippen LogP contribution in [0, 0.1) is 0 Å². The Morgan fingerprint density at radius 3 is 2.58 bits per heavy atom. The van der Waals surface area contributed by atoms with E-state index in [9.17, 15) is 0 Å². The Bertz CT molecular complexity index is 690. The first kappa shape index (κ1) is 19.2. The molecule has 1 aliphatic rings. The number of anilines is 1. The first-order valence-electron chi connectivity index (χ1n) is 8.98. The lowest BCUT2D eigenvalue weighted by molar-refractivity contribution is 0.0376. The molecule has 2 aromatic rings. The second kappa shape index (κ2) is 10.5. The van der Waals surface area contributed by atoms with Crippen LogP contribution in [0.2, 0.25) is 0 Å². The van der Waals surface area contributed by atoms with E-state index in [1.165, 1.54) is 4.90 Å². The number of ether oxygens (including phenoxy) is 1. The zero-order valence-electron chi connectivity index (χ0n) is 14.8. The predicted molar refractivity (Wildman–Crippen MR) is 113 cm³/mol. The Morgan fingerprint density at radius 1 is 1.04 bits per heavy atom. The highest BCUT2D eigenvalue weighted by atomic mass is 32.2. The Balaban J connectivity index is 1.45. The number of nitrogens with one attached hydrogen (secondary N) is 2. The molecule has 1 heterocycles. The van der Waals surface area contributed by atoms with Crippen molar-refractivity contribution in [1.29, 1.82) is 0 Å². The van der Waals surface area contributed by atoms with Crippen molar-refractivity contribution in [2.24, 2.45) is 0 Å². The van der Waals surface area contributed by atoms with Crippen molar-refractivity contribution in [3.05, 3.63) is 54.6 Å². The van der Waals surface area contributed by atoms with Gasteiger partial charge in [-0.25, -0.2) is 0 Å². The number of hydrogen-bond donors (Lipinski definition) is 2. The molecule has 0 saturated carbocycles. The molecule has 3 rings (SSSR count). The highest BCUT2D eigenvalue weighted by Crippen LogP contribution is 2.33. The van der Waals surface area contributed by atoms with E-state index in [1.807, 2.05) is 12.1 Å². The maximum Gasteiger partial charge on any atom is 0.170 e. The Labute approximate surface area is 165 Å². The van der Waals surface area contributed by atoms with Gasteiger partial charge >= 0.3 is 0 Å². The molecule has 1 saturated heterocycles. The van der Waals surface area contributed by atoms with Crippen molar-refractivity contribution in [2.45, 2.75) is 16.2 Å². The van der Waals surface area contributed by atoms with Crippen LogP contribution in [0.1, 0.15) is 6.42 Å². The summed E-state index contributed by atoms with van der Waals surface area (Å²) in [6.45, 7) is 5.72. The molecule has 4 nitrogen and oxygen atoms in total. The van der Waals surface area contributed by atoms with Crippen molar-refractivity contribution < 1.29 is 4.74 Å². The summed E-state index contributed by atoms with van der Waals surface area (Å²) in [5, 5.41) is 7.32. The monoisotopic (exact) mass is 387 g/mol. The minimum atomic E-state index is 0.674. The van der Waals surface area contributed by atoms with E-state index in [1.54, 1.807) is 11.8 Å². The fourth-order valence-electron chi connectivity index (χ4n) is 2.77. The number of benzene rings is 2. The van der Waals surface area contributed by atoms with Crippen LogP contribution >= 0.6 is 24.0 Å². The summed E-state index contributed by atoms with van der Waals surface area (Å²) in [5.74, 6) is 0. The highest BCUT2D eigenvalue weighted by molar-refractivity contribution is 7.99. The van der Waals surface area contributed by atoms with Crippen LogP contribution in [0.15, 0.2) is 64.4 Å². The number of thiocarbonyl (C=S) groups is 1. The maximum absolute atomic E-state index is 5.46. The van der Waals surface area contributed by atoms with Gasteiger partial charge in [-0.05, 0) is 49.4 Å². The molecule has 0 aliphatic carbocycles. The second-order valence-corrected chi connectivity index (χ2v) is 7.62. The Hall–Kier alpha value is -1.60. The highest BCUT2D eigenvalue weighted by Gasteiger charge is 2.09. The summed E-state index contributed by atoms with van der Waals surface area (Å²) in [7, 11) is 0. The van der Waals surface area contributed by atoms with Crippen LogP contribution in [0.3, 0.4) is 0 Å². The van der Waals surface area contributed by atoms with Crippen molar-refractivity contribution in [2.75, 3.05) is 44.7 Å². The van der Waals surface area contributed by atoms with Crippen LogP contribution in [0.25, 0.3) is 0 Å². The minimum absolute atomic E-state index is 0.674. The van der Waals surface area contributed by atoms with Gasteiger partial charge in [0.25, 0.3) is 0 Å². The van der Waals surface area contributed by atoms with Gasteiger partial charge in [-0.3, -0.25) is 4.90 Å². The molecule has 0 spiro atoms. The molecular formula is C20H25N3OS2. The number of hydrogen-bond acceptors (Lipinski definition) is 4. The van der Waals surface area contributed by atoms with Crippen LogP contribution in [-0.4, -0.2) is 49.4 Å². The van der Waals surface area contributed by atoms with Crippen LogP contribution < -0.4 is 10.6 Å². The summed E-state index contributed by atoms with van der Waals surface area (Å²) in [6, 6.07) is 18.6. The molecule has 0 atom stereocenters. The van der Waals surface area contributed by atoms with E-state index in [2.05, 4.69) is 58.0 Å². The molecule has 0 unspecified atom stereocenters. The molecule has 26 heavy (non-hydrogen) atoms. The van der Waals surface area contributed by atoms with Crippen molar-refractivity contribution >= 4 is 34.8 Å². The quantitative estimate of drug-likeness (QED) is 0.555. The summed E-state index contributed by atoms with van der Waals surface area (Å²) in [5.41, 5.74) is 1.03. The first-order valence-corrected chi connectivity index (χ1v) is 10.2. The number of para-hydroxylation sites is 1. The van der Waals surface area contributed by atoms with Gasteiger partial charge in [0, 0.05) is 29.4 Å². The molecule has 6 heteroatoms. The van der Waals surface area contributed by atoms with E-state index >= 15 is 0 Å². The third-order valence-corrected chi connectivity index (χ3v) is 5.48. The number of nitrogens with zero attached hydrogens (tertiary/aromatic N) is 1. The van der Waals surface area contributed by atoms with Gasteiger partial charge in [0.05, 0.1) is 18.9 Å². The molecule has 138 valence electrons. The van der Waals surface area contributed by atoms with Gasteiger partial charge in [0.15, 0.2) is 5.11 Å². The van der Waals surface area contributed by atoms with Crippen LogP contribution in [0.4, 0.5) is 5.69 Å². The normalized spacial score (nSPS) is 14.8. The van der Waals surface area contributed by atoms with Gasteiger partial charge in [-0.2, -0.15) is 0 Å². The summed E-state index contributed by atoms with van der Waals surface area (Å²) in [6.07, 6.45) is 1.07. The molecular weight excluding hydrogens is 362 g/mol. The molecule has 0 bridgehead atoms. The van der Waals surface area contributed by atoms with E-state index in [4.69, 9.17) is 17.0 Å². The van der Waals surface area contributed by atoms with Gasteiger partial charge in [-0.15, -0.1) is 0 Å². The van der Waals surface area contributed by atoms with Gasteiger partial charge < -0.3 is 15.4 Å². The second-order valence-electron chi connectivity index (χ2n) is 6.10. The zero-order valence-corrected chi connectivity index (χ0v) is 16.5. The fraction of sp³-hybridized carbons (Fsp3) is 0.350. The third kappa shape index (κ3) is 6.29.